The minimum atomic E-state index is -0.321. The number of methoxy groups -OCH3 is 2. The van der Waals surface area contributed by atoms with Crippen molar-refractivity contribution in [2.24, 2.45) is 0 Å². The van der Waals surface area contributed by atoms with E-state index < -0.39 is 0 Å². The normalized spacial score (nSPS) is 11.8. The van der Waals surface area contributed by atoms with Gasteiger partial charge in [0, 0.05) is 18.9 Å². The molecule has 0 aliphatic heterocycles. The van der Waals surface area contributed by atoms with Crippen molar-refractivity contribution in [1.29, 1.82) is 0 Å². The lowest BCUT2D eigenvalue weighted by atomic mass is 10.2. The standard InChI is InChI=1S/C17H24N4O3/c1-4-16(19-12-6-5-7-15(9-12)24-3)17(22)18-10-13-8-14(11-23-2)21-20-13/h5-9,16,19H,4,10-11H2,1-3H3,(H,18,22)(H,20,21)/t16-/m1/s1. The van der Waals surface area contributed by atoms with Crippen LogP contribution in [-0.4, -0.2) is 36.4 Å². The molecule has 0 radical (unpaired) electrons. The summed E-state index contributed by atoms with van der Waals surface area (Å²) in [5.41, 5.74) is 2.50. The Balaban J connectivity index is 1.90. The SMILES string of the molecule is CC[C@@H](Nc1cccc(OC)c1)C(=O)NCc1cc(COC)n[nH]1. The predicted molar refractivity (Wildman–Crippen MR) is 91.8 cm³/mol. The molecule has 1 amide bonds. The smallest absolute Gasteiger partial charge is 0.242 e. The fourth-order valence-electron chi connectivity index (χ4n) is 2.29. The molecule has 1 aromatic heterocycles. The van der Waals surface area contributed by atoms with Crippen LogP contribution in [0.15, 0.2) is 30.3 Å². The fourth-order valence-corrected chi connectivity index (χ4v) is 2.29. The van der Waals surface area contributed by atoms with Gasteiger partial charge in [-0.25, -0.2) is 0 Å². The van der Waals surface area contributed by atoms with Crippen molar-refractivity contribution in [3.8, 4) is 5.75 Å². The summed E-state index contributed by atoms with van der Waals surface area (Å²) in [4.78, 5) is 12.4. The second kappa shape index (κ2) is 8.93. The average molecular weight is 332 g/mol. The molecule has 0 aliphatic rings. The number of aromatic nitrogens is 2. The number of H-pyrrole nitrogens is 1. The first-order chi connectivity index (χ1) is 11.7. The van der Waals surface area contributed by atoms with Crippen molar-refractivity contribution in [3.63, 3.8) is 0 Å². The number of rotatable bonds is 9. The van der Waals surface area contributed by atoms with Crippen molar-refractivity contribution in [1.82, 2.24) is 15.5 Å². The number of carbonyl (C=O) groups excluding carboxylic acids is 1. The molecule has 0 unspecified atom stereocenters. The predicted octanol–water partition coefficient (Wildman–Crippen LogP) is 2.07. The maximum absolute atomic E-state index is 12.4. The lowest BCUT2D eigenvalue weighted by molar-refractivity contribution is -0.122. The second-order valence-electron chi connectivity index (χ2n) is 5.37. The van der Waals surface area contributed by atoms with E-state index >= 15 is 0 Å². The highest BCUT2D eigenvalue weighted by Gasteiger charge is 2.16. The summed E-state index contributed by atoms with van der Waals surface area (Å²) >= 11 is 0. The van der Waals surface area contributed by atoms with Crippen LogP contribution in [0.4, 0.5) is 5.69 Å². The molecule has 1 aromatic carbocycles. The Bertz CT molecular complexity index is 657. The van der Waals surface area contributed by atoms with Crippen LogP contribution in [0.3, 0.4) is 0 Å². The summed E-state index contributed by atoms with van der Waals surface area (Å²) in [6, 6.07) is 9.07. The minimum absolute atomic E-state index is 0.0665. The number of carbonyl (C=O) groups is 1. The van der Waals surface area contributed by atoms with E-state index in [-0.39, 0.29) is 11.9 Å². The van der Waals surface area contributed by atoms with Crippen LogP contribution < -0.4 is 15.4 Å². The zero-order chi connectivity index (χ0) is 17.4. The van der Waals surface area contributed by atoms with Gasteiger partial charge in [0.2, 0.25) is 5.91 Å². The van der Waals surface area contributed by atoms with Gasteiger partial charge in [-0.3, -0.25) is 9.89 Å². The molecule has 0 bridgehead atoms. The molecule has 0 aliphatic carbocycles. The van der Waals surface area contributed by atoms with Gasteiger partial charge in [0.05, 0.1) is 31.6 Å². The molecule has 130 valence electrons. The van der Waals surface area contributed by atoms with Crippen molar-refractivity contribution in [2.75, 3.05) is 19.5 Å². The lowest BCUT2D eigenvalue weighted by Crippen LogP contribution is -2.38. The van der Waals surface area contributed by atoms with E-state index in [1.165, 1.54) is 0 Å². The largest absolute Gasteiger partial charge is 0.497 e. The number of amides is 1. The third-order valence-corrected chi connectivity index (χ3v) is 3.56. The molecular formula is C17H24N4O3. The second-order valence-corrected chi connectivity index (χ2v) is 5.37. The van der Waals surface area contributed by atoms with E-state index in [1.807, 2.05) is 37.3 Å². The molecular weight excluding hydrogens is 308 g/mol. The first-order valence-electron chi connectivity index (χ1n) is 7.86. The van der Waals surface area contributed by atoms with Crippen LogP contribution in [0, 0.1) is 0 Å². The first-order valence-corrected chi connectivity index (χ1v) is 7.86. The van der Waals surface area contributed by atoms with Crippen LogP contribution >= 0.6 is 0 Å². The fraction of sp³-hybridized carbons (Fsp3) is 0.412. The Morgan fingerprint density at radius 3 is 2.88 bits per heavy atom. The van der Waals surface area contributed by atoms with E-state index in [0.717, 1.165) is 22.8 Å². The third kappa shape index (κ3) is 4.99. The number of nitrogens with zero attached hydrogens (tertiary/aromatic N) is 1. The van der Waals surface area contributed by atoms with Gasteiger partial charge in [-0.2, -0.15) is 5.10 Å². The number of anilines is 1. The summed E-state index contributed by atoms with van der Waals surface area (Å²) in [5.74, 6) is 0.682. The van der Waals surface area contributed by atoms with Crippen molar-refractivity contribution in [3.05, 3.63) is 41.7 Å². The van der Waals surface area contributed by atoms with Gasteiger partial charge in [0.25, 0.3) is 0 Å². The molecule has 0 saturated heterocycles. The lowest BCUT2D eigenvalue weighted by Gasteiger charge is -2.18. The molecule has 0 fully saturated rings. The number of hydrogen-bond donors (Lipinski definition) is 3. The van der Waals surface area contributed by atoms with E-state index in [4.69, 9.17) is 9.47 Å². The molecule has 0 saturated carbocycles. The number of hydrogen-bond acceptors (Lipinski definition) is 5. The molecule has 1 atom stereocenters. The van der Waals surface area contributed by atoms with Gasteiger partial charge in [-0.05, 0) is 24.6 Å². The van der Waals surface area contributed by atoms with Crippen LogP contribution in [0.1, 0.15) is 24.7 Å². The van der Waals surface area contributed by atoms with Crippen LogP contribution in [0.25, 0.3) is 0 Å². The number of aromatic amines is 1. The molecule has 1 heterocycles. The highest BCUT2D eigenvalue weighted by molar-refractivity contribution is 5.84. The molecule has 7 nitrogen and oxygen atoms in total. The summed E-state index contributed by atoms with van der Waals surface area (Å²) in [6.45, 7) is 2.80. The molecule has 0 spiro atoms. The molecule has 3 N–H and O–H groups in total. The van der Waals surface area contributed by atoms with E-state index in [9.17, 15) is 4.79 Å². The summed E-state index contributed by atoms with van der Waals surface area (Å²) < 4.78 is 10.2. The quantitative estimate of drug-likeness (QED) is 0.654. The summed E-state index contributed by atoms with van der Waals surface area (Å²) in [7, 11) is 3.23. The Kier molecular flexibility index (Phi) is 6.62. The Hall–Kier alpha value is -2.54. The molecule has 2 rings (SSSR count). The van der Waals surface area contributed by atoms with E-state index in [0.29, 0.717) is 19.6 Å². The van der Waals surface area contributed by atoms with Crippen LogP contribution in [0.2, 0.25) is 0 Å². The maximum atomic E-state index is 12.4. The van der Waals surface area contributed by atoms with Gasteiger partial charge in [0.1, 0.15) is 11.8 Å². The Morgan fingerprint density at radius 1 is 1.33 bits per heavy atom. The van der Waals surface area contributed by atoms with Crippen molar-refractivity contribution < 1.29 is 14.3 Å². The first kappa shape index (κ1) is 17.8. The Labute approximate surface area is 141 Å². The Morgan fingerprint density at radius 2 is 2.17 bits per heavy atom. The van der Waals surface area contributed by atoms with Crippen molar-refractivity contribution in [2.45, 2.75) is 32.5 Å². The molecule has 2 aromatic rings. The average Bonchev–Trinajstić information content (AvgIpc) is 3.05. The van der Waals surface area contributed by atoms with E-state index in [2.05, 4.69) is 20.8 Å². The maximum Gasteiger partial charge on any atom is 0.242 e. The number of nitrogens with one attached hydrogen (secondary N) is 3. The minimum Gasteiger partial charge on any atom is -0.497 e. The highest BCUT2D eigenvalue weighted by Crippen LogP contribution is 2.18. The van der Waals surface area contributed by atoms with Crippen molar-refractivity contribution >= 4 is 11.6 Å². The highest BCUT2D eigenvalue weighted by atomic mass is 16.5. The zero-order valence-corrected chi connectivity index (χ0v) is 14.3. The topological polar surface area (TPSA) is 88.3 Å². The molecule has 7 heteroatoms. The number of benzene rings is 1. The van der Waals surface area contributed by atoms with Gasteiger partial charge in [-0.15, -0.1) is 0 Å². The van der Waals surface area contributed by atoms with E-state index in [1.54, 1.807) is 14.2 Å². The third-order valence-electron chi connectivity index (χ3n) is 3.56. The summed E-state index contributed by atoms with van der Waals surface area (Å²) in [6.07, 6.45) is 0.668. The van der Waals surface area contributed by atoms with Crippen LogP contribution in [-0.2, 0) is 22.7 Å². The van der Waals surface area contributed by atoms with Gasteiger partial charge >= 0.3 is 0 Å². The van der Waals surface area contributed by atoms with Gasteiger partial charge < -0.3 is 20.1 Å². The monoisotopic (exact) mass is 332 g/mol. The van der Waals surface area contributed by atoms with Gasteiger partial charge in [-0.1, -0.05) is 13.0 Å². The summed E-state index contributed by atoms with van der Waals surface area (Å²) in [5, 5.41) is 13.1. The van der Waals surface area contributed by atoms with Crippen LogP contribution in [0.5, 0.6) is 5.75 Å². The zero-order valence-electron chi connectivity index (χ0n) is 14.3. The van der Waals surface area contributed by atoms with Gasteiger partial charge in [0.15, 0.2) is 0 Å². The number of ether oxygens (including phenoxy) is 2. The molecule has 24 heavy (non-hydrogen) atoms.